The Kier molecular flexibility index (Phi) is 2.15. The lowest BCUT2D eigenvalue weighted by molar-refractivity contribution is 0.0986. The molecule has 3 saturated heterocycles. The third-order valence-corrected chi connectivity index (χ3v) is 7.79. The first kappa shape index (κ1) is 9.82. The molecule has 3 rings (SSSR count). The zero-order valence-electron chi connectivity index (χ0n) is 8.62. The molecule has 3 aliphatic rings. The summed E-state index contributed by atoms with van der Waals surface area (Å²) >= 11 is 4.13. The van der Waals surface area contributed by atoms with Gasteiger partial charge in [-0.3, -0.25) is 0 Å². The molecule has 0 bridgehead atoms. The van der Waals surface area contributed by atoms with Crippen molar-refractivity contribution in [2.24, 2.45) is 0 Å². The maximum Gasteiger partial charge on any atom is 0.124 e. The Bertz CT molecular complexity index is 261. The Labute approximate surface area is 93.5 Å². The van der Waals surface area contributed by atoms with Gasteiger partial charge in [-0.15, -0.1) is 23.5 Å². The first-order valence-corrected chi connectivity index (χ1v) is 6.98. The highest BCUT2D eigenvalue weighted by Gasteiger charge is 2.60. The molecule has 0 saturated carbocycles. The summed E-state index contributed by atoms with van der Waals surface area (Å²) in [6.45, 7) is 6.32. The molecule has 0 aromatic carbocycles. The summed E-state index contributed by atoms with van der Waals surface area (Å²) in [5, 5.41) is 0.677. The second-order valence-electron chi connectivity index (χ2n) is 4.44. The highest BCUT2D eigenvalue weighted by molar-refractivity contribution is 8.22. The van der Waals surface area contributed by atoms with E-state index in [1.165, 1.54) is 12.8 Å². The number of rotatable bonds is 0. The van der Waals surface area contributed by atoms with Gasteiger partial charge in [-0.05, 0) is 26.7 Å². The van der Waals surface area contributed by atoms with E-state index in [2.05, 4.69) is 25.6 Å². The van der Waals surface area contributed by atoms with Crippen LogP contribution in [-0.4, -0.2) is 33.6 Å². The number of thioether (sulfide) groups is 2. The smallest absolute Gasteiger partial charge is 0.124 e. The first-order valence-electron chi connectivity index (χ1n) is 5.28. The Hall–Kier alpha value is 0.620. The highest BCUT2D eigenvalue weighted by Crippen LogP contribution is 2.66. The normalized spacial score (nSPS) is 57.0. The fraction of sp³-hybridized carbons (Fsp3) is 1.00. The van der Waals surface area contributed by atoms with Crippen LogP contribution in [0.3, 0.4) is 0 Å². The van der Waals surface area contributed by atoms with Crippen LogP contribution in [0.15, 0.2) is 0 Å². The Morgan fingerprint density at radius 2 is 2.21 bits per heavy atom. The van der Waals surface area contributed by atoms with Crippen LogP contribution in [0.25, 0.3) is 0 Å². The largest absolute Gasteiger partial charge is 0.376 e. The quantitative estimate of drug-likeness (QED) is 0.638. The summed E-state index contributed by atoms with van der Waals surface area (Å²) in [4.78, 5) is 0.0621. The molecule has 0 aliphatic carbocycles. The van der Waals surface area contributed by atoms with Gasteiger partial charge in [0.1, 0.15) is 4.93 Å². The minimum atomic E-state index is 0.0621. The van der Waals surface area contributed by atoms with Gasteiger partial charge in [0.2, 0.25) is 0 Å². The predicted molar refractivity (Wildman–Crippen MR) is 60.7 cm³/mol. The van der Waals surface area contributed by atoms with Crippen LogP contribution in [0.1, 0.15) is 26.7 Å². The molecule has 0 amide bonds. The third kappa shape index (κ3) is 1.20. The lowest BCUT2D eigenvalue weighted by Gasteiger charge is -2.28. The molecular formula is C10H16O2S2. The average molecular weight is 232 g/mol. The van der Waals surface area contributed by atoms with E-state index in [1.54, 1.807) is 0 Å². The van der Waals surface area contributed by atoms with Gasteiger partial charge < -0.3 is 9.47 Å². The molecular weight excluding hydrogens is 216 g/mol. The summed E-state index contributed by atoms with van der Waals surface area (Å²) in [5.41, 5.74) is 0. The topological polar surface area (TPSA) is 18.5 Å². The van der Waals surface area contributed by atoms with Crippen LogP contribution in [0.5, 0.6) is 0 Å². The molecule has 14 heavy (non-hydrogen) atoms. The van der Waals surface area contributed by atoms with E-state index in [9.17, 15) is 0 Å². The minimum Gasteiger partial charge on any atom is -0.376 e. The second-order valence-corrected chi connectivity index (χ2v) is 7.97. The monoisotopic (exact) mass is 232 g/mol. The molecule has 3 heterocycles. The molecule has 0 aromatic heterocycles. The zero-order chi connectivity index (χ0) is 9.81. The maximum absolute atomic E-state index is 5.89. The van der Waals surface area contributed by atoms with E-state index in [0.29, 0.717) is 15.4 Å². The van der Waals surface area contributed by atoms with Crippen molar-refractivity contribution in [2.45, 2.75) is 47.1 Å². The van der Waals surface area contributed by atoms with Crippen molar-refractivity contribution in [2.75, 3.05) is 13.2 Å². The first-order chi connectivity index (χ1) is 6.65. The Balaban J connectivity index is 1.87. The minimum absolute atomic E-state index is 0.0621. The predicted octanol–water partition coefficient (Wildman–Crippen LogP) is 2.48. The van der Waals surface area contributed by atoms with E-state index < -0.39 is 0 Å². The lowest BCUT2D eigenvalue weighted by Crippen LogP contribution is -2.29. The van der Waals surface area contributed by atoms with Crippen LogP contribution in [0.4, 0.5) is 0 Å². The van der Waals surface area contributed by atoms with Crippen molar-refractivity contribution in [3.05, 3.63) is 0 Å². The fourth-order valence-corrected chi connectivity index (χ4v) is 6.85. The molecule has 3 aliphatic heterocycles. The van der Waals surface area contributed by atoms with Gasteiger partial charge in [0.25, 0.3) is 0 Å². The second kappa shape index (κ2) is 3.06. The van der Waals surface area contributed by atoms with Crippen molar-refractivity contribution in [1.82, 2.24) is 0 Å². The fourth-order valence-electron chi connectivity index (χ4n) is 2.59. The van der Waals surface area contributed by atoms with Crippen molar-refractivity contribution < 1.29 is 9.47 Å². The van der Waals surface area contributed by atoms with Crippen LogP contribution >= 0.6 is 23.5 Å². The van der Waals surface area contributed by atoms with E-state index in [-0.39, 0.29) is 4.93 Å². The maximum atomic E-state index is 5.89. The van der Waals surface area contributed by atoms with Crippen molar-refractivity contribution in [3.8, 4) is 0 Å². The molecule has 0 N–H and O–H groups in total. The van der Waals surface area contributed by atoms with Gasteiger partial charge in [0.15, 0.2) is 0 Å². The van der Waals surface area contributed by atoms with Gasteiger partial charge >= 0.3 is 0 Å². The standard InChI is InChI=1S/C10H16O2S2/c1-7-10(4-6-11-7)13-8-3-5-12-9(8,2)14-10/h7-8H,3-6H2,1-2H3/t7-,8-,9+,10+/m0/s1. The number of hydrogen-bond acceptors (Lipinski definition) is 4. The van der Waals surface area contributed by atoms with Gasteiger partial charge in [-0.25, -0.2) is 0 Å². The van der Waals surface area contributed by atoms with Gasteiger partial charge in [0, 0.05) is 18.5 Å². The SMILES string of the molecule is C[C@@H]1OCC[C@]12S[C@H]1CCO[C@]1(C)S2. The number of fused-ring (bicyclic) bond motifs is 1. The molecule has 0 unspecified atom stereocenters. The van der Waals surface area contributed by atoms with E-state index >= 15 is 0 Å². The lowest BCUT2D eigenvalue weighted by atomic mass is 10.2. The Morgan fingerprint density at radius 1 is 1.36 bits per heavy atom. The molecule has 3 fully saturated rings. The van der Waals surface area contributed by atoms with Crippen LogP contribution in [0, 0.1) is 0 Å². The van der Waals surface area contributed by atoms with E-state index in [4.69, 9.17) is 9.47 Å². The van der Waals surface area contributed by atoms with Gasteiger partial charge in [0.05, 0.1) is 10.2 Å². The molecule has 80 valence electrons. The summed E-state index contributed by atoms with van der Waals surface area (Å²) in [6.07, 6.45) is 2.77. The molecule has 4 heteroatoms. The molecule has 1 spiro atoms. The van der Waals surface area contributed by atoms with Crippen molar-refractivity contribution >= 4 is 23.5 Å². The van der Waals surface area contributed by atoms with E-state index in [1.807, 2.05) is 11.8 Å². The average Bonchev–Trinajstić information content (AvgIpc) is 2.67. The molecule has 0 radical (unpaired) electrons. The summed E-state index contributed by atoms with van der Waals surface area (Å²) in [7, 11) is 0. The summed E-state index contributed by atoms with van der Waals surface area (Å²) in [5.74, 6) is 0. The molecule has 2 nitrogen and oxygen atoms in total. The van der Waals surface area contributed by atoms with Crippen LogP contribution < -0.4 is 0 Å². The van der Waals surface area contributed by atoms with E-state index in [0.717, 1.165) is 13.2 Å². The number of hydrogen-bond donors (Lipinski definition) is 0. The summed E-state index contributed by atoms with van der Waals surface area (Å²) < 4.78 is 11.9. The zero-order valence-corrected chi connectivity index (χ0v) is 10.2. The molecule has 4 atom stereocenters. The van der Waals surface area contributed by atoms with Crippen molar-refractivity contribution in [3.63, 3.8) is 0 Å². The molecule has 0 aromatic rings. The highest BCUT2D eigenvalue weighted by atomic mass is 32.2. The van der Waals surface area contributed by atoms with Gasteiger partial charge in [-0.1, -0.05) is 0 Å². The third-order valence-electron chi connectivity index (χ3n) is 3.51. The Morgan fingerprint density at radius 3 is 2.86 bits per heavy atom. The van der Waals surface area contributed by atoms with Crippen molar-refractivity contribution in [1.29, 1.82) is 0 Å². The summed E-state index contributed by atoms with van der Waals surface area (Å²) in [6, 6.07) is 0. The van der Waals surface area contributed by atoms with Crippen LogP contribution in [0.2, 0.25) is 0 Å². The number of ether oxygens (including phenoxy) is 2. The van der Waals surface area contributed by atoms with Crippen LogP contribution in [-0.2, 0) is 9.47 Å². The van der Waals surface area contributed by atoms with Gasteiger partial charge in [-0.2, -0.15) is 0 Å².